The van der Waals surface area contributed by atoms with Crippen molar-refractivity contribution in [2.75, 3.05) is 18.6 Å². The Morgan fingerprint density at radius 3 is 2.52 bits per heavy atom. The Labute approximate surface area is 123 Å². The largest absolute Gasteiger partial charge is 0.497 e. The van der Waals surface area contributed by atoms with E-state index in [4.69, 9.17) is 15.9 Å². The molecule has 110 valence electrons. The summed E-state index contributed by atoms with van der Waals surface area (Å²) in [6.45, 7) is 2.45. The van der Waals surface area contributed by atoms with Gasteiger partial charge >= 0.3 is 0 Å². The lowest BCUT2D eigenvalue weighted by Gasteiger charge is -2.26. The van der Waals surface area contributed by atoms with E-state index < -0.39 is 0 Å². The van der Waals surface area contributed by atoms with E-state index in [1.807, 2.05) is 6.92 Å². The van der Waals surface area contributed by atoms with E-state index in [1.165, 1.54) is 6.07 Å². The summed E-state index contributed by atoms with van der Waals surface area (Å²) >= 11 is 0. The third-order valence-electron chi connectivity index (χ3n) is 3.25. The smallest absolute Gasteiger partial charge is 0.146 e. The molecule has 2 rings (SSSR count). The average Bonchev–Trinajstić information content (AvgIpc) is 2.49. The maximum atomic E-state index is 14.1. The highest BCUT2D eigenvalue weighted by Crippen LogP contribution is 2.32. The number of nitrogens with zero attached hydrogens (tertiary/aromatic N) is 1. The molecule has 0 saturated heterocycles. The SMILES string of the molecule is CCN(c1ccccc1F)c1cc(OC)ccc1C(=N)N. The first kappa shape index (κ1) is 14.8. The number of benzene rings is 2. The Morgan fingerprint density at radius 1 is 1.24 bits per heavy atom. The van der Waals surface area contributed by atoms with Crippen molar-refractivity contribution < 1.29 is 9.13 Å². The van der Waals surface area contributed by atoms with Gasteiger partial charge in [0, 0.05) is 18.2 Å². The topological polar surface area (TPSA) is 62.3 Å². The van der Waals surface area contributed by atoms with Gasteiger partial charge in [0.25, 0.3) is 0 Å². The van der Waals surface area contributed by atoms with Crippen molar-refractivity contribution in [1.29, 1.82) is 5.41 Å². The van der Waals surface area contributed by atoms with Gasteiger partial charge in [0.15, 0.2) is 0 Å². The van der Waals surface area contributed by atoms with Crippen molar-refractivity contribution in [2.24, 2.45) is 5.73 Å². The van der Waals surface area contributed by atoms with Crippen molar-refractivity contribution in [2.45, 2.75) is 6.92 Å². The molecule has 2 aromatic carbocycles. The molecule has 4 nitrogen and oxygen atoms in total. The zero-order chi connectivity index (χ0) is 15.4. The van der Waals surface area contributed by atoms with Crippen LogP contribution in [0.5, 0.6) is 5.75 Å². The van der Waals surface area contributed by atoms with Crippen LogP contribution in [0, 0.1) is 11.2 Å². The number of amidine groups is 1. The fourth-order valence-corrected chi connectivity index (χ4v) is 2.23. The van der Waals surface area contributed by atoms with Crippen LogP contribution in [0.25, 0.3) is 0 Å². The van der Waals surface area contributed by atoms with Crippen molar-refractivity contribution in [1.82, 2.24) is 0 Å². The number of anilines is 2. The molecule has 0 aliphatic heterocycles. The van der Waals surface area contributed by atoms with E-state index in [-0.39, 0.29) is 11.7 Å². The van der Waals surface area contributed by atoms with E-state index in [0.29, 0.717) is 29.2 Å². The maximum Gasteiger partial charge on any atom is 0.146 e. The molecule has 0 saturated carbocycles. The fraction of sp³-hybridized carbons (Fsp3) is 0.188. The Balaban J connectivity index is 2.61. The van der Waals surface area contributed by atoms with Crippen LogP contribution in [0.2, 0.25) is 0 Å². The lowest BCUT2D eigenvalue weighted by Crippen LogP contribution is -2.22. The number of methoxy groups -OCH3 is 1. The summed E-state index contributed by atoms with van der Waals surface area (Å²) in [6.07, 6.45) is 0. The minimum absolute atomic E-state index is 0.0672. The van der Waals surface area contributed by atoms with Crippen molar-refractivity contribution in [3.8, 4) is 5.75 Å². The number of hydrogen-bond acceptors (Lipinski definition) is 3. The molecule has 0 atom stereocenters. The Hall–Kier alpha value is -2.56. The standard InChI is InChI=1S/C16H18FN3O/c1-3-20(14-7-5-4-6-13(14)17)15-10-11(21-2)8-9-12(15)16(18)19/h4-10H,3H2,1-2H3,(H3,18,19). The molecule has 0 bridgehead atoms. The molecule has 0 radical (unpaired) electrons. The first-order valence-electron chi connectivity index (χ1n) is 6.63. The number of para-hydroxylation sites is 1. The third-order valence-corrected chi connectivity index (χ3v) is 3.25. The van der Waals surface area contributed by atoms with E-state index >= 15 is 0 Å². The molecule has 2 aromatic rings. The zero-order valence-electron chi connectivity index (χ0n) is 12.1. The number of nitrogen functional groups attached to an aromatic ring is 1. The molecule has 0 spiro atoms. The minimum atomic E-state index is -0.323. The lowest BCUT2D eigenvalue weighted by atomic mass is 10.1. The van der Waals surface area contributed by atoms with Crippen molar-refractivity contribution in [3.05, 3.63) is 53.8 Å². The highest BCUT2D eigenvalue weighted by molar-refractivity contribution is 6.01. The zero-order valence-corrected chi connectivity index (χ0v) is 12.1. The number of hydrogen-bond donors (Lipinski definition) is 2. The van der Waals surface area contributed by atoms with Crippen LogP contribution in [0.15, 0.2) is 42.5 Å². The molecular weight excluding hydrogens is 269 g/mol. The van der Waals surface area contributed by atoms with Crippen molar-refractivity contribution >= 4 is 17.2 Å². The van der Waals surface area contributed by atoms with Crippen LogP contribution >= 0.6 is 0 Å². The molecule has 21 heavy (non-hydrogen) atoms. The summed E-state index contributed by atoms with van der Waals surface area (Å²) in [5, 5.41) is 7.70. The molecule has 0 unspecified atom stereocenters. The van der Waals surface area contributed by atoms with Gasteiger partial charge in [-0.3, -0.25) is 5.41 Å². The second kappa shape index (κ2) is 6.26. The van der Waals surface area contributed by atoms with E-state index in [0.717, 1.165) is 0 Å². The third kappa shape index (κ3) is 2.97. The van der Waals surface area contributed by atoms with Crippen LogP contribution in [0.4, 0.5) is 15.8 Å². The van der Waals surface area contributed by atoms with Gasteiger partial charge in [-0.15, -0.1) is 0 Å². The van der Waals surface area contributed by atoms with Gasteiger partial charge in [-0.25, -0.2) is 4.39 Å². The van der Waals surface area contributed by atoms with Crippen LogP contribution in [0.1, 0.15) is 12.5 Å². The normalized spacial score (nSPS) is 10.2. The maximum absolute atomic E-state index is 14.1. The van der Waals surface area contributed by atoms with Gasteiger partial charge < -0.3 is 15.4 Å². The average molecular weight is 287 g/mol. The number of halogens is 1. The highest BCUT2D eigenvalue weighted by atomic mass is 19.1. The molecule has 0 aliphatic carbocycles. The summed E-state index contributed by atoms with van der Waals surface area (Å²) in [5.41, 5.74) is 7.27. The second-order valence-corrected chi connectivity index (χ2v) is 4.49. The highest BCUT2D eigenvalue weighted by Gasteiger charge is 2.17. The first-order valence-corrected chi connectivity index (χ1v) is 6.63. The Morgan fingerprint density at radius 2 is 1.95 bits per heavy atom. The quantitative estimate of drug-likeness (QED) is 0.655. The molecule has 0 amide bonds. The van der Waals surface area contributed by atoms with Crippen molar-refractivity contribution in [3.63, 3.8) is 0 Å². The predicted octanol–water partition coefficient (Wildman–Crippen LogP) is 3.28. The van der Waals surface area contributed by atoms with Gasteiger partial charge in [-0.2, -0.15) is 0 Å². The predicted molar refractivity (Wildman–Crippen MR) is 83.1 cm³/mol. The summed E-state index contributed by atoms with van der Waals surface area (Å²) in [7, 11) is 1.56. The van der Waals surface area contributed by atoms with Crippen LogP contribution < -0.4 is 15.4 Å². The van der Waals surface area contributed by atoms with Crippen LogP contribution in [0.3, 0.4) is 0 Å². The van der Waals surface area contributed by atoms with E-state index in [9.17, 15) is 4.39 Å². The first-order chi connectivity index (χ1) is 10.1. The lowest BCUT2D eigenvalue weighted by molar-refractivity contribution is 0.415. The molecule has 0 aromatic heterocycles. The van der Waals surface area contributed by atoms with Gasteiger partial charge in [-0.1, -0.05) is 12.1 Å². The van der Waals surface area contributed by atoms with Gasteiger partial charge in [0.1, 0.15) is 17.4 Å². The number of nitrogens with one attached hydrogen (secondary N) is 1. The Bertz CT molecular complexity index is 658. The molecular formula is C16H18FN3O. The van der Waals surface area contributed by atoms with Crippen LogP contribution in [-0.2, 0) is 0 Å². The molecule has 0 heterocycles. The summed E-state index contributed by atoms with van der Waals surface area (Å²) in [5.74, 6) is 0.240. The molecule has 5 heteroatoms. The van der Waals surface area contributed by atoms with Crippen LogP contribution in [-0.4, -0.2) is 19.5 Å². The van der Waals surface area contributed by atoms with E-state index in [2.05, 4.69) is 0 Å². The summed E-state index contributed by atoms with van der Waals surface area (Å²) < 4.78 is 19.3. The fourth-order valence-electron chi connectivity index (χ4n) is 2.23. The molecule has 0 aliphatic rings. The number of nitrogens with two attached hydrogens (primary N) is 1. The monoisotopic (exact) mass is 287 g/mol. The number of rotatable bonds is 5. The van der Waals surface area contributed by atoms with E-state index in [1.54, 1.807) is 48.4 Å². The van der Waals surface area contributed by atoms with Gasteiger partial charge in [0.05, 0.1) is 18.5 Å². The molecule has 3 N–H and O–H groups in total. The number of ether oxygens (including phenoxy) is 1. The Kier molecular flexibility index (Phi) is 4.42. The second-order valence-electron chi connectivity index (χ2n) is 4.49. The summed E-state index contributed by atoms with van der Waals surface area (Å²) in [4.78, 5) is 1.77. The minimum Gasteiger partial charge on any atom is -0.497 e. The summed E-state index contributed by atoms with van der Waals surface area (Å²) in [6, 6.07) is 11.7. The van der Waals surface area contributed by atoms with Gasteiger partial charge in [-0.05, 0) is 31.2 Å². The van der Waals surface area contributed by atoms with Gasteiger partial charge in [0.2, 0.25) is 0 Å². The molecule has 0 fully saturated rings.